The van der Waals surface area contributed by atoms with E-state index in [-0.39, 0.29) is 10.7 Å². The van der Waals surface area contributed by atoms with Crippen molar-refractivity contribution in [3.05, 3.63) is 63.8 Å². The fourth-order valence-electron chi connectivity index (χ4n) is 2.13. The lowest BCUT2D eigenvalue weighted by Crippen LogP contribution is -2.15. The van der Waals surface area contributed by atoms with Crippen LogP contribution >= 0.6 is 22.9 Å². The first kappa shape index (κ1) is 16.0. The summed E-state index contributed by atoms with van der Waals surface area (Å²) < 4.78 is 27.6. The number of hydrogen-bond acceptors (Lipinski definition) is 4. The maximum Gasteiger partial charge on any atom is 0.263 e. The summed E-state index contributed by atoms with van der Waals surface area (Å²) in [6.07, 6.45) is 0. The third kappa shape index (κ3) is 3.39. The number of hydrogen-bond donors (Lipinski definition) is 1. The van der Waals surface area contributed by atoms with Crippen LogP contribution in [0.3, 0.4) is 0 Å². The molecule has 1 aromatic carbocycles. The molecule has 0 amide bonds. The highest BCUT2D eigenvalue weighted by Gasteiger charge is 2.19. The fourth-order valence-corrected chi connectivity index (χ4v) is 4.28. The summed E-state index contributed by atoms with van der Waals surface area (Å²) in [4.78, 5) is 4.51. The quantitative estimate of drug-likeness (QED) is 0.737. The van der Waals surface area contributed by atoms with E-state index in [1.807, 2.05) is 22.9 Å². The van der Waals surface area contributed by atoms with Crippen molar-refractivity contribution < 1.29 is 8.42 Å². The van der Waals surface area contributed by atoms with Crippen LogP contribution in [0.25, 0.3) is 11.3 Å². The first-order chi connectivity index (χ1) is 11.0. The molecule has 4 nitrogen and oxygen atoms in total. The number of anilines is 1. The van der Waals surface area contributed by atoms with Crippen LogP contribution < -0.4 is 4.72 Å². The smallest absolute Gasteiger partial charge is 0.263 e. The van der Waals surface area contributed by atoms with Crippen LogP contribution in [-0.2, 0) is 10.0 Å². The Bertz CT molecular complexity index is 938. The number of pyridine rings is 1. The van der Waals surface area contributed by atoms with Crippen LogP contribution in [0, 0.1) is 6.92 Å². The Morgan fingerprint density at radius 2 is 1.91 bits per heavy atom. The maximum atomic E-state index is 12.6. The van der Waals surface area contributed by atoms with Gasteiger partial charge in [0.1, 0.15) is 5.82 Å². The van der Waals surface area contributed by atoms with Gasteiger partial charge in [-0.05, 0) is 48.2 Å². The Morgan fingerprint density at radius 1 is 1.13 bits per heavy atom. The Hall–Kier alpha value is -1.89. The van der Waals surface area contributed by atoms with Gasteiger partial charge in [-0.25, -0.2) is 13.4 Å². The zero-order valence-corrected chi connectivity index (χ0v) is 14.5. The summed E-state index contributed by atoms with van der Waals surface area (Å²) in [5, 5.41) is 4.32. The molecule has 0 radical (unpaired) electrons. The van der Waals surface area contributed by atoms with Crippen molar-refractivity contribution in [2.24, 2.45) is 0 Å². The first-order valence-corrected chi connectivity index (χ1v) is 9.55. The first-order valence-electron chi connectivity index (χ1n) is 6.75. The van der Waals surface area contributed by atoms with Crippen molar-refractivity contribution in [3.8, 4) is 11.3 Å². The van der Waals surface area contributed by atoms with E-state index in [1.165, 1.54) is 6.07 Å². The van der Waals surface area contributed by atoms with E-state index in [0.717, 1.165) is 5.56 Å². The molecule has 23 heavy (non-hydrogen) atoms. The molecule has 3 aromatic rings. The molecule has 0 saturated heterocycles. The summed E-state index contributed by atoms with van der Waals surface area (Å²) >= 11 is 7.57. The number of halogens is 1. The van der Waals surface area contributed by atoms with E-state index < -0.39 is 10.0 Å². The van der Waals surface area contributed by atoms with Crippen molar-refractivity contribution >= 4 is 38.8 Å². The van der Waals surface area contributed by atoms with Gasteiger partial charge in [0.25, 0.3) is 10.0 Å². The Morgan fingerprint density at radius 3 is 2.65 bits per heavy atom. The molecule has 0 bridgehead atoms. The number of nitrogens with zero attached hydrogens (tertiary/aromatic N) is 1. The number of sulfonamides is 1. The lowest BCUT2D eigenvalue weighted by Gasteiger charge is -2.11. The minimum atomic E-state index is -3.75. The molecule has 118 valence electrons. The van der Waals surface area contributed by atoms with Gasteiger partial charge >= 0.3 is 0 Å². The number of rotatable bonds is 4. The molecule has 2 heterocycles. The van der Waals surface area contributed by atoms with E-state index in [1.54, 1.807) is 42.5 Å². The molecule has 7 heteroatoms. The number of benzene rings is 1. The van der Waals surface area contributed by atoms with Crippen LogP contribution in [-0.4, -0.2) is 13.4 Å². The van der Waals surface area contributed by atoms with Gasteiger partial charge in [-0.3, -0.25) is 4.72 Å². The molecule has 0 saturated carbocycles. The molecule has 0 aliphatic carbocycles. The van der Waals surface area contributed by atoms with Crippen molar-refractivity contribution in [1.82, 2.24) is 4.98 Å². The summed E-state index contributed by atoms with van der Waals surface area (Å²) in [6, 6.07) is 11.9. The maximum absolute atomic E-state index is 12.6. The molecule has 0 aliphatic heterocycles. The SMILES string of the molecule is Cc1c(Cl)cccc1S(=O)(=O)Nc1cccc(-c2ccsc2)n1. The third-order valence-corrected chi connectivity index (χ3v) is 5.90. The highest BCUT2D eigenvalue weighted by Crippen LogP contribution is 2.26. The highest BCUT2D eigenvalue weighted by atomic mass is 35.5. The van der Waals surface area contributed by atoms with Crippen LogP contribution in [0.2, 0.25) is 5.02 Å². The zero-order valence-electron chi connectivity index (χ0n) is 12.2. The van der Waals surface area contributed by atoms with E-state index in [4.69, 9.17) is 11.6 Å². The van der Waals surface area contributed by atoms with Gasteiger partial charge < -0.3 is 0 Å². The monoisotopic (exact) mass is 364 g/mol. The Labute approximate surface area is 143 Å². The standard InChI is InChI=1S/C16H13ClN2O2S2/c1-11-13(17)4-2-6-15(11)23(20,21)19-16-7-3-5-14(18-16)12-8-9-22-10-12/h2-10H,1H3,(H,18,19). The summed E-state index contributed by atoms with van der Waals surface area (Å²) in [5.41, 5.74) is 2.18. The van der Waals surface area contributed by atoms with E-state index >= 15 is 0 Å². The van der Waals surface area contributed by atoms with Crippen molar-refractivity contribution in [1.29, 1.82) is 0 Å². The molecule has 1 N–H and O–H groups in total. The van der Waals surface area contributed by atoms with Crippen molar-refractivity contribution in [3.63, 3.8) is 0 Å². The topological polar surface area (TPSA) is 59.1 Å². The Kier molecular flexibility index (Phi) is 4.39. The summed E-state index contributed by atoms with van der Waals surface area (Å²) in [7, 11) is -3.75. The van der Waals surface area contributed by atoms with Gasteiger partial charge in [0.15, 0.2) is 0 Å². The average molecular weight is 365 g/mol. The lowest BCUT2D eigenvalue weighted by atomic mass is 10.2. The molecule has 0 fully saturated rings. The average Bonchev–Trinajstić information content (AvgIpc) is 3.04. The predicted octanol–water partition coefficient (Wildman–Crippen LogP) is 4.57. The lowest BCUT2D eigenvalue weighted by molar-refractivity contribution is 0.600. The second-order valence-corrected chi connectivity index (χ2v) is 7.73. The molecule has 0 unspecified atom stereocenters. The van der Waals surface area contributed by atoms with Gasteiger partial charge in [-0.2, -0.15) is 11.3 Å². The van der Waals surface area contributed by atoms with Gasteiger partial charge in [-0.1, -0.05) is 23.7 Å². The largest absolute Gasteiger partial charge is 0.263 e. The van der Waals surface area contributed by atoms with Gasteiger partial charge in [0.2, 0.25) is 0 Å². The molecular weight excluding hydrogens is 352 g/mol. The van der Waals surface area contributed by atoms with Crippen molar-refractivity contribution in [2.45, 2.75) is 11.8 Å². The van der Waals surface area contributed by atoms with Crippen LogP contribution in [0.5, 0.6) is 0 Å². The van der Waals surface area contributed by atoms with Crippen LogP contribution in [0.15, 0.2) is 58.1 Å². The minimum absolute atomic E-state index is 0.146. The highest BCUT2D eigenvalue weighted by molar-refractivity contribution is 7.92. The van der Waals surface area contributed by atoms with E-state index in [9.17, 15) is 8.42 Å². The summed E-state index contributed by atoms with van der Waals surface area (Å²) in [5.74, 6) is 0.271. The Balaban J connectivity index is 1.95. The molecular formula is C16H13ClN2O2S2. The van der Waals surface area contributed by atoms with Gasteiger partial charge in [0.05, 0.1) is 10.6 Å². The fraction of sp³-hybridized carbons (Fsp3) is 0.0625. The molecule has 0 spiro atoms. The minimum Gasteiger partial charge on any atom is -0.263 e. The van der Waals surface area contributed by atoms with Gasteiger partial charge in [-0.15, -0.1) is 0 Å². The molecule has 0 aliphatic rings. The predicted molar refractivity (Wildman–Crippen MR) is 94.5 cm³/mol. The zero-order chi connectivity index (χ0) is 16.4. The van der Waals surface area contributed by atoms with Crippen molar-refractivity contribution in [2.75, 3.05) is 4.72 Å². The third-order valence-electron chi connectivity index (χ3n) is 3.31. The normalized spacial score (nSPS) is 11.4. The number of nitrogens with one attached hydrogen (secondary N) is 1. The van der Waals surface area contributed by atoms with E-state index in [2.05, 4.69) is 9.71 Å². The summed E-state index contributed by atoms with van der Waals surface area (Å²) in [6.45, 7) is 1.67. The molecule has 0 atom stereocenters. The van der Waals surface area contributed by atoms with Crippen LogP contribution in [0.4, 0.5) is 5.82 Å². The van der Waals surface area contributed by atoms with Gasteiger partial charge in [0, 0.05) is 16.0 Å². The number of thiophene rings is 1. The molecule has 3 rings (SSSR count). The van der Waals surface area contributed by atoms with Crippen LogP contribution in [0.1, 0.15) is 5.56 Å². The number of aromatic nitrogens is 1. The second-order valence-electron chi connectivity index (χ2n) is 4.89. The van der Waals surface area contributed by atoms with E-state index in [0.29, 0.717) is 16.3 Å². The second kappa shape index (κ2) is 6.31. The molecule has 2 aromatic heterocycles.